The smallest absolute Gasteiger partial charge is 0.182 e. The van der Waals surface area contributed by atoms with Crippen LogP contribution in [-0.4, -0.2) is 30.3 Å². The number of Topliss-reactive ketones (excluding diaryl/α,β-unsaturated/α-hetero) is 1. The van der Waals surface area contributed by atoms with Crippen molar-refractivity contribution in [1.29, 1.82) is 0 Å². The van der Waals surface area contributed by atoms with E-state index in [1.54, 1.807) is 0 Å². The van der Waals surface area contributed by atoms with Gasteiger partial charge in [0, 0.05) is 5.56 Å². The Bertz CT molecular complexity index is 423. The maximum absolute atomic E-state index is 12.6. The van der Waals surface area contributed by atoms with Crippen LogP contribution in [0, 0.1) is 13.8 Å². The zero-order valence-electron chi connectivity index (χ0n) is 11.8. The minimum Gasteiger partial charge on any atom is -0.297 e. The highest BCUT2D eigenvalue weighted by atomic mass is 16.1. The highest BCUT2D eigenvalue weighted by molar-refractivity contribution is 6.03. The van der Waals surface area contributed by atoms with Gasteiger partial charge >= 0.3 is 0 Å². The van der Waals surface area contributed by atoms with Gasteiger partial charge in [-0.1, -0.05) is 19.1 Å². The van der Waals surface area contributed by atoms with E-state index in [4.69, 9.17) is 0 Å². The van der Waals surface area contributed by atoms with Crippen LogP contribution in [0.3, 0.4) is 0 Å². The van der Waals surface area contributed by atoms with Gasteiger partial charge in [0.1, 0.15) is 0 Å². The molecule has 1 rings (SSSR count). The minimum absolute atomic E-state index is 0.202. The second-order valence-corrected chi connectivity index (χ2v) is 5.15. The van der Waals surface area contributed by atoms with Crippen molar-refractivity contribution >= 4 is 5.78 Å². The van der Waals surface area contributed by atoms with Crippen LogP contribution in [0.2, 0.25) is 0 Å². The van der Waals surface area contributed by atoms with Crippen molar-refractivity contribution < 1.29 is 4.79 Å². The standard InChI is InChI=1S/C15H23NO/c1-7-15(4,16(5)6)14(17)13-9-8-11(2)12(3)10-13/h8-10H,7H2,1-6H3. The van der Waals surface area contributed by atoms with Crippen LogP contribution in [-0.2, 0) is 0 Å². The largest absolute Gasteiger partial charge is 0.297 e. The maximum Gasteiger partial charge on any atom is 0.182 e. The zero-order valence-corrected chi connectivity index (χ0v) is 11.8. The van der Waals surface area contributed by atoms with Gasteiger partial charge in [0.05, 0.1) is 5.54 Å². The lowest BCUT2D eigenvalue weighted by molar-refractivity contribution is 0.0710. The van der Waals surface area contributed by atoms with Gasteiger partial charge in [-0.05, 0) is 58.5 Å². The lowest BCUT2D eigenvalue weighted by Gasteiger charge is -2.34. The van der Waals surface area contributed by atoms with Gasteiger partial charge in [0.25, 0.3) is 0 Å². The Morgan fingerprint density at radius 2 is 1.82 bits per heavy atom. The van der Waals surface area contributed by atoms with E-state index in [1.165, 1.54) is 11.1 Å². The van der Waals surface area contributed by atoms with Crippen LogP contribution >= 0.6 is 0 Å². The van der Waals surface area contributed by atoms with E-state index in [9.17, 15) is 4.79 Å². The van der Waals surface area contributed by atoms with Crippen LogP contribution in [0.1, 0.15) is 41.8 Å². The van der Waals surface area contributed by atoms with Crippen LogP contribution in [0.25, 0.3) is 0 Å². The lowest BCUT2D eigenvalue weighted by Crippen LogP contribution is -2.48. The van der Waals surface area contributed by atoms with Crippen molar-refractivity contribution in [3.8, 4) is 0 Å². The highest BCUT2D eigenvalue weighted by Crippen LogP contribution is 2.23. The summed E-state index contributed by atoms with van der Waals surface area (Å²) in [5.74, 6) is 0.202. The highest BCUT2D eigenvalue weighted by Gasteiger charge is 2.34. The van der Waals surface area contributed by atoms with E-state index in [0.717, 1.165) is 12.0 Å². The molecule has 17 heavy (non-hydrogen) atoms. The Kier molecular flexibility index (Phi) is 4.10. The van der Waals surface area contributed by atoms with Crippen LogP contribution in [0.15, 0.2) is 18.2 Å². The zero-order chi connectivity index (χ0) is 13.2. The van der Waals surface area contributed by atoms with E-state index < -0.39 is 5.54 Å². The molecule has 0 saturated heterocycles. The third kappa shape index (κ3) is 2.58. The van der Waals surface area contributed by atoms with Gasteiger partial charge in [-0.2, -0.15) is 0 Å². The fraction of sp³-hybridized carbons (Fsp3) is 0.533. The number of hydrogen-bond donors (Lipinski definition) is 0. The number of aryl methyl sites for hydroxylation is 2. The van der Waals surface area contributed by atoms with E-state index in [-0.39, 0.29) is 5.78 Å². The van der Waals surface area contributed by atoms with Gasteiger partial charge in [-0.3, -0.25) is 9.69 Å². The molecular formula is C15H23NO. The first-order valence-electron chi connectivity index (χ1n) is 6.12. The maximum atomic E-state index is 12.6. The summed E-state index contributed by atoms with van der Waals surface area (Å²) in [6.07, 6.45) is 0.811. The topological polar surface area (TPSA) is 20.3 Å². The summed E-state index contributed by atoms with van der Waals surface area (Å²) >= 11 is 0. The van der Waals surface area contributed by atoms with Gasteiger partial charge in [0.2, 0.25) is 0 Å². The molecule has 0 aliphatic rings. The van der Waals surface area contributed by atoms with Gasteiger partial charge in [-0.25, -0.2) is 0 Å². The molecule has 0 heterocycles. The molecule has 94 valence electrons. The predicted octanol–water partition coefficient (Wildman–Crippen LogP) is 3.22. The third-order valence-corrected chi connectivity index (χ3v) is 3.93. The number of nitrogens with zero attached hydrogens (tertiary/aromatic N) is 1. The predicted molar refractivity (Wildman–Crippen MR) is 72.6 cm³/mol. The molecule has 0 aliphatic carbocycles. The SMILES string of the molecule is CCC(C)(C(=O)c1ccc(C)c(C)c1)N(C)C. The minimum atomic E-state index is -0.415. The molecule has 2 heteroatoms. The molecule has 0 spiro atoms. The van der Waals surface area contributed by atoms with E-state index in [0.29, 0.717) is 0 Å². The first kappa shape index (κ1) is 13.9. The summed E-state index contributed by atoms with van der Waals surface area (Å²) < 4.78 is 0. The molecule has 1 unspecified atom stereocenters. The number of hydrogen-bond acceptors (Lipinski definition) is 2. The molecular weight excluding hydrogens is 210 g/mol. The number of benzene rings is 1. The number of rotatable bonds is 4. The molecule has 0 amide bonds. The molecule has 1 atom stereocenters. The molecule has 0 N–H and O–H groups in total. The average molecular weight is 233 g/mol. The number of carbonyl (C=O) groups is 1. The lowest BCUT2D eigenvalue weighted by atomic mass is 9.86. The summed E-state index contributed by atoms with van der Waals surface area (Å²) in [4.78, 5) is 14.6. The molecule has 0 fully saturated rings. The Morgan fingerprint density at radius 1 is 1.24 bits per heavy atom. The third-order valence-electron chi connectivity index (χ3n) is 3.93. The molecule has 2 nitrogen and oxygen atoms in total. The van der Waals surface area contributed by atoms with Crippen molar-refractivity contribution in [3.05, 3.63) is 34.9 Å². The van der Waals surface area contributed by atoms with Gasteiger partial charge in [-0.15, -0.1) is 0 Å². The quantitative estimate of drug-likeness (QED) is 0.744. The molecule has 0 bridgehead atoms. The Balaban J connectivity index is 3.15. The van der Waals surface area contributed by atoms with E-state index >= 15 is 0 Å². The number of carbonyl (C=O) groups excluding carboxylic acids is 1. The fourth-order valence-corrected chi connectivity index (χ4v) is 1.87. The van der Waals surface area contributed by atoms with Crippen molar-refractivity contribution in [2.24, 2.45) is 0 Å². The molecule has 1 aromatic rings. The van der Waals surface area contributed by atoms with Crippen LogP contribution in [0.5, 0.6) is 0 Å². The van der Waals surface area contributed by atoms with Gasteiger partial charge < -0.3 is 0 Å². The van der Waals surface area contributed by atoms with Gasteiger partial charge in [0.15, 0.2) is 5.78 Å². The Morgan fingerprint density at radius 3 is 2.24 bits per heavy atom. The first-order chi connectivity index (χ1) is 7.82. The average Bonchev–Trinajstić information content (AvgIpc) is 2.30. The van der Waals surface area contributed by atoms with Crippen LogP contribution in [0.4, 0.5) is 0 Å². The Hall–Kier alpha value is -1.15. The number of likely N-dealkylation sites (N-methyl/N-ethyl adjacent to an activating group) is 1. The van der Waals surface area contributed by atoms with Crippen molar-refractivity contribution in [2.45, 2.75) is 39.7 Å². The molecule has 0 radical (unpaired) electrons. The van der Waals surface area contributed by atoms with Crippen molar-refractivity contribution in [1.82, 2.24) is 4.90 Å². The summed E-state index contributed by atoms with van der Waals surface area (Å²) in [5.41, 5.74) is 2.80. The van der Waals surface area contributed by atoms with Crippen molar-refractivity contribution in [3.63, 3.8) is 0 Å². The second kappa shape index (κ2) is 5.01. The Labute approximate surface area is 105 Å². The van der Waals surface area contributed by atoms with E-state index in [1.807, 2.05) is 51.0 Å². The number of ketones is 1. The summed E-state index contributed by atoms with van der Waals surface area (Å²) in [7, 11) is 3.92. The molecule has 1 aromatic carbocycles. The normalized spacial score (nSPS) is 14.8. The van der Waals surface area contributed by atoms with Crippen molar-refractivity contribution in [2.75, 3.05) is 14.1 Å². The molecule has 0 saturated carbocycles. The summed E-state index contributed by atoms with van der Waals surface area (Å²) in [6.45, 7) is 8.17. The monoisotopic (exact) mass is 233 g/mol. The van der Waals surface area contributed by atoms with Crippen LogP contribution < -0.4 is 0 Å². The molecule has 0 aromatic heterocycles. The summed E-state index contributed by atoms with van der Waals surface area (Å²) in [6, 6.07) is 5.95. The second-order valence-electron chi connectivity index (χ2n) is 5.15. The first-order valence-corrected chi connectivity index (χ1v) is 6.12. The van der Waals surface area contributed by atoms with E-state index in [2.05, 4.69) is 13.8 Å². The molecule has 0 aliphatic heterocycles. The summed E-state index contributed by atoms with van der Waals surface area (Å²) in [5, 5.41) is 0. The fourth-order valence-electron chi connectivity index (χ4n) is 1.87.